The van der Waals surface area contributed by atoms with Crippen LogP contribution in [-0.4, -0.2) is 47.9 Å². The van der Waals surface area contributed by atoms with Crippen LogP contribution in [0.3, 0.4) is 0 Å². The van der Waals surface area contributed by atoms with Crippen LogP contribution in [0.15, 0.2) is 70.5 Å². The van der Waals surface area contributed by atoms with Gasteiger partial charge in [0.25, 0.3) is 5.56 Å². The number of aromatic nitrogens is 4. The zero-order valence-corrected chi connectivity index (χ0v) is 20.8. The van der Waals surface area contributed by atoms with Gasteiger partial charge in [-0.1, -0.05) is 48.5 Å². The fourth-order valence-electron chi connectivity index (χ4n) is 5.57. The molecule has 2 aromatic heterocycles. The maximum atomic E-state index is 14.0. The minimum Gasteiger partial charge on any atom is -0.323 e. The molecule has 0 bridgehead atoms. The minimum atomic E-state index is -1.61. The first-order valence-electron chi connectivity index (χ1n) is 12.2. The number of fused-ring (bicyclic) bond motifs is 3. The van der Waals surface area contributed by atoms with Gasteiger partial charge in [0.2, 0.25) is 17.7 Å². The van der Waals surface area contributed by atoms with Crippen molar-refractivity contribution >= 4 is 34.6 Å². The topological polar surface area (TPSA) is 120 Å². The highest BCUT2D eigenvalue weighted by Gasteiger charge is 2.63. The zero-order valence-electron chi connectivity index (χ0n) is 20.8. The molecule has 6 rings (SSSR count). The minimum absolute atomic E-state index is 0.0960. The summed E-state index contributed by atoms with van der Waals surface area (Å²) in [7, 11) is 2.94. The van der Waals surface area contributed by atoms with Gasteiger partial charge in [-0.3, -0.25) is 33.2 Å². The molecule has 3 amide bonds. The first-order chi connectivity index (χ1) is 18.3. The molecule has 2 aliphatic rings. The molecule has 0 radical (unpaired) electrons. The second-order valence-electron chi connectivity index (χ2n) is 9.64. The lowest BCUT2D eigenvalue weighted by atomic mass is 9.80. The average Bonchev–Trinajstić information content (AvgIpc) is 3.54. The monoisotopic (exact) mass is 512 g/mol. The van der Waals surface area contributed by atoms with Gasteiger partial charge in [0.1, 0.15) is 0 Å². The van der Waals surface area contributed by atoms with Crippen LogP contribution in [0.5, 0.6) is 0 Å². The van der Waals surface area contributed by atoms with Gasteiger partial charge in [-0.15, -0.1) is 0 Å². The van der Waals surface area contributed by atoms with E-state index in [1.165, 1.54) is 34.8 Å². The van der Waals surface area contributed by atoms with Gasteiger partial charge in [-0.25, -0.2) is 9.78 Å². The predicted molar refractivity (Wildman–Crippen MR) is 137 cm³/mol. The number of imide groups is 1. The van der Waals surface area contributed by atoms with E-state index < -0.39 is 34.4 Å². The Morgan fingerprint density at radius 3 is 2.26 bits per heavy atom. The Kier molecular flexibility index (Phi) is 5.20. The van der Waals surface area contributed by atoms with Gasteiger partial charge < -0.3 is 9.47 Å². The van der Waals surface area contributed by atoms with Crippen molar-refractivity contribution < 1.29 is 14.4 Å². The Bertz CT molecular complexity index is 1770. The van der Waals surface area contributed by atoms with Crippen LogP contribution in [0.25, 0.3) is 11.2 Å². The second-order valence-corrected chi connectivity index (χ2v) is 9.64. The number of carbonyl (C=O) groups is 3. The van der Waals surface area contributed by atoms with Crippen molar-refractivity contribution in [2.24, 2.45) is 14.1 Å². The normalized spacial score (nSPS) is 18.8. The molecule has 11 heteroatoms. The molecule has 1 fully saturated rings. The molecule has 2 aliphatic heterocycles. The number of para-hydroxylation sites is 1. The van der Waals surface area contributed by atoms with Gasteiger partial charge in [-0.05, 0) is 11.6 Å². The zero-order chi connectivity index (χ0) is 26.8. The number of likely N-dealkylation sites (tertiary alicyclic amines) is 1. The van der Waals surface area contributed by atoms with Gasteiger partial charge in [0.15, 0.2) is 16.6 Å². The van der Waals surface area contributed by atoms with Crippen molar-refractivity contribution in [3.8, 4) is 0 Å². The number of hydrogen-bond donors (Lipinski definition) is 0. The largest absolute Gasteiger partial charge is 0.332 e. The second kappa shape index (κ2) is 8.37. The molecular formula is C27H24N6O5. The molecule has 192 valence electrons. The molecule has 1 saturated heterocycles. The summed E-state index contributed by atoms with van der Waals surface area (Å²) in [6, 6.07) is 16.2. The number of benzene rings is 2. The van der Waals surface area contributed by atoms with Gasteiger partial charge in [0.05, 0.1) is 19.3 Å². The van der Waals surface area contributed by atoms with E-state index in [-0.39, 0.29) is 37.2 Å². The van der Waals surface area contributed by atoms with Gasteiger partial charge in [-0.2, -0.15) is 0 Å². The average molecular weight is 513 g/mol. The van der Waals surface area contributed by atoms with E-state index in [0.717, 1.165) is 10.1 Å². The molecule has 1 spiro atoms. The van der Waals surface area contributed by atoms with Crippen molar-refractivity contribution in [1.29, 1.82) is 0 Å². The number of carbonyl (C=O) groups excluding carboxylic acids is 3. The highest BCUT2D eigenvalue weighted by Crippen LogP contribution is 2.48. The summed E-state index contributed by atoms with van der Waals surface area (Å²) >= 11 is 0. The summed E-state index contributed by atoms with van der Waals surface area (Å²) in [5.74, 6) is -1.38. The van der Waals surface area contributed by atoms with E-state index in [2.05, 4.69) is 4.98 Å². The third-order valence-electron chi connectivity index (χ3n) is 7.56. The first-order valence-corrected chi connectivity index (χ1v) is 12.2. The number of aryl methyl sites for hydroxylation is 1. The van der Waals surface area contributed by atoms with Crippen LogP contribution in [0.4, 0.5) is 5.69 Å². The SMILES string of the molecule is Cn1c(=O)c2c(ncn2CCN2C(=O)C3(CC(=O)N(Cc4ccccc4)C3=O)c3ccccc32)n(C)c1=O. The van der Waals surface area contributed by atoms with E-state index in [1.54, 1.807) is 28.8 Å². The predicted octanol–water partition coefficient (Wildman–Crippen LogP) is 0.677. The smallest absolute Gasteiger partial charge is 0.323 e. The molecular weight excluding hydrogens is 488 g/mol. The van der Waals surface area contributed by atoms with E-state index in [4.69, 9.17) is 0 Å². The van der Waals surface area contributed by atoms with Gasteiger partial charge >= 0.3 is 5.69 Å². The Morgan fingerprint density at radius 1 is 0.816 bits per heavy atom. The van der Waals surface area contributed by atoms with Crippen molar-refractivity contribution in [1.82, 2.24) is 23.6 Å². The quantitative estimate of drug-likeness (QED) is 0.287. The van der Waals surface area contributed by atoms with Crippen LogP contribution in [0.1, 0.15) is 17.5 Å². The fourth-order valence-corrected chi connectivity index (χ4v) is 5.57. The Balaban J connectivity index is 1.35. The van der Waals surface area contributed by atoms with Gasteiger partial charge in [0, 0.05) is 38.4 Å². The van der Waals surface area contributed by atoms with Crippen molar-refractivity contribution in [3.63, 3.8) is 0 Å². The lowest BCUT2D eigenvalue weighted by Crippen LogP contribution is -2.47. The van der Waals surface area contributed by atoms with Crippen molar-refractivity contribution in [2.75, 3.05) is 11.4 Å². The molecule has 0 aliphatic carbocycles. The Hall–Kier alpha value is -4.80. The molecule has 11 nitrogen and oxygen atoms in total. The Labute approximate surface area is 216 Å². The maximum absolute atomic E-state index is 14.0. The fraction of sp³-hybridized carbons (Fsp3) is 0.259. The number of amides is 3. The Morgan fingerprint density at radius 2 is 1.50 bits per heavy atom. The number of hydrogen-bond acceptors (Lipinski definition) is 6. The third kappa shape index (κ3) is 3.14. The molecule has 0 N–H and O–H groups in total. The van der Waals surface area contributed by atoms with Crippen LogP contribution < -0.4 is 16.1 Å². The number of nitrogens with zero attached hydrogens (tertiary/aromatic N) is 6. The van der Waals surface area contributed by atoms with E-state index >= 15 is 0 Å². The molecule has 1 atom stereocenters. The molecule has 0 saturated carbocycles. The number of imidazole rings is 1. The molecule has 2 aromatic carbocycles. The summed E-state index contributed by atoms with van der Waals surface area (Å²) in [5, 5.41) is 0. The number of anilines is 1. The van der Waals surface area contributed by atoms with Crippen LogP contribution >= 0.6 is 0 Å². The lowest BCUT2D eigenvalue weighted by molar-refractivity contribution is -0.142. The standard InChI is InChI=1S/C27H24N6O5/c1-29-22-21(23(35)30(2)26(29)38)31(16-28-22)12-13-32-19-11-7-6-10-18(19)27(24(32)36)14-20(34)33(25(27)37)15-17-8-4-3-5-9-17/h3-11,16H,12-15H2,1-2H3. The summed E-state index contributed by atoms with van der Waals surface area (Å²) in [6.45, 7) is 0.421. The summed E-state index contributed by atoms with van der Waals surface area (Å²) in [4.78, 5) is 72.9. The lowest BCUT2D eigenvalue weighted by Gasteiger charge is -2.23. The summed E-state index contributed by atoms with van der Waals surface area (Å²) in [6.07, 6.45) is 1.22. The summed E-state index contributed by atoms with van der Waals surface area (Å²) < 4.78 is 3.90. The number of rotatable bonds is 5. The molecule has 38 heavy (non-hydrogen) atoms. The van der Waals surface area contributed by atoms with E-state index in [0.29, 0.717) is 11.3 Å². The van der Waals surface area contributed by atoms with E-state index in [1.807, 2.05) is 30.3 Å². The highest BCUT2D eigenvalue weighted by molar-refractivity contribution is 6.28. The molecule has 1 unspecified atom stereocenters. The van der Waals surface area contributed by atoms with Crippen LogP contribution in [-0.2, 0) is 47.0 Å². The van der Waals surface area contributed by atoms with Crippen LogP contribution in [0, 0.1) is 0 Å². The highest BCUT2D eigenvalue weighted by atomic mass is 16.2. The van der Waals surface area contributed by atoms with Crippen molar-refractivity contribution in [3.05, 3.63) is 92.9 Å². The summed E-state index contributed by atoms with van der Waals surface area (Å²) in [5.41, 5.74) is -0.232. The third-order valence-corrected chi connectivity index (χ3v) is 7.56. The van der Waals surface area contributed by atoms with E-state index in [9.17, 15) is 24.0 Å². The van der Waals surface area contributed by atoms with Crippen molar-refractivity contribution in [2.45, 2.75) is 24.9 Å². The maximum Gasteiger partial charge on any atom is 0.332 e. The van der Waals surface area contributed by atoms with Crippen LogP contribution in [0.2, 0.25) is 0 Å². The molecule has 4 heterocycles. The first kappa shape index (κ1) is 23.6. The molecule has 4 aromatic rings.